The maximum atomic E-state index is 2.36. The molecule has 0 bridgehead atoms. The molecule has 0 heteroatoms. The van der Waals surface area contributed by atoms with E-state index in [1.54, 1.807) is 0 Å². The molecule has 0 radical (unpaired) electrons. The van der Waals surface area contributed by atoms with Crippen molar-refractivity contribution in [1.82, 2.24) is 0 Å². The van der Waals surface area contributed by atoms with E-state index in [0.29, 0.717) is 0 Å². The zero-order valence-electron chi connectivity index (χ0n) is 26.3. The molecule has 0 amide bonds. The van der Waals surface area contributed by atoms with Gasteiger partial charge in [-0.3, -0.25) is 0 Å². The SMILES string of the molecule is c1ccc2c(c1)cc(-c1ccc3cc(-c4ccc5ccc(-c6cc7ccccc7c7ccccc67)cc5c4)ccc3c1)c1ccccc12. The molecule has 0 aliphatic heterocycles. The molecule has 0 N–H and O–H groups in total. The number of fused-ring (bicyclic) bond motifs is 8. The third-order valence-electron chi connectivity index (χ3n) is 10.2. The fourth-order valence-electron chi connectivity index (χ4n) is 7.77. The minimum Gasteiger partial charge on any atom is -0.0616 e. The molecule has 0 unspecified atom stereocenters. The summed E-state index contributed by atoms with van der Waals surface area (Å²) in [6.45, 7) is 0. The van der Waals surface area contributed by atoms with Crippen LogP contribution < -0.4 is 0 Å². The summed E-state index contributed by atoms with van der Waals surface area (Å²) >= 11 is 0. The van der Waals surface area contributed by atoms with Crippen molar-refractivity contribution < 1.29 is 0 Å². The van der Waals surface area contributed by atoms with Crippen molar-refractivity contribution in [3.05, 3.63) is 182 Å². The Morgan fingerprint density at radius 3 is 1.06 bits per heavy atom. The molecular weight excluding hydrogens is 577 g/mol. The van der Waals surface area contributed by atoms with E-state index in [-0.39, 0.29) is 0 Å². The Hall–Kier alpha value is -6.24. The summed E-state index contributed by atoms with van der Waals surface area (Å²) in [6, 6.07) is 67.2. The molecule has 0 saturated heterocycles. The van der Waals surface area contributed by atoms with Crippen LogP contribution in [-0.2, 0) is 0 Å². The van der Waals surface area contributed by atoms with Crippen LogP contribution in [-0.4, -0.2) is 0 Å². The lowest BCUT2D eigenvalue weighted by Crippen LogP contribution is -1.86. The molecule has 0 saturated carbocycles. The predicted octanol–water partition coefficient (Wildman–Crippen LogP) is 13.6. The van der Waals surface area contributed by atoms with Crippen LogP contribution in [0.1, 0.15) is 0 Å². The molecule has 10 aromatic carbocycles. The number of rotatable bonds is 3. The first-order chi connectivity index (χ1) is 23.8. The summed E-state index contributed by atoms with van der Waals surface area (Å²) in [7, 11) is 0. The van der Waals surface area contributed by atoms with Crippen molar-refractivity contribution in [2.75, 3.05) is 0 Å². The quantitative estimate of drug-likeness (QED) is 0.176. The van der Waals surface area contributed by atoms with Crippen LogP contribution in [0.3, 0.4) is 0 Å². The lowest BCUT2D eigenvalue weighted by Gasteiger charge is -2.13. The van der Waals surface area contributed by atoms with E-state index in [2.05, 4.69) is 182 Å². The van der Waals surface area contributed by atoms with Gasteiger partial charge < -0.3 is 0 Å². The highest BCUT2D eigenvalue weighted by Crippen LogP contribution is 2.39. The lowest BCUT2D eigenvalue weighted by molar-refractivity contribution is 1.66. The van der Waals surface area contributed by atoms with E-state index in [4.69, 9.17) is 0 Å². The Bertz CT molecular complexity index is 2890. The first kappa shape index (κ1) is 26.9. The van der Waals surface area contributed by atoms with Gasteiger partial charge in [-0.25, -0.2) is 0 Å². The predicted molar refractivity (Wildman–Crippen MR) is 208 cm³/mol. The molecule has 0 aromatic heterocycles. The van der Waals surface area contributed by atoms with Crippen molar-refractivity contribution >= 4 is 64.6 Å². The topological polar surface area (TPSA) is 0 Å². The second kappa shape index (κ2) is 10.7. The average Bonchev–Trinajstić information content (AvgIpc) is 3.16. The molecule has 0 heterocycles. The lowest BCUT2D eigenvalue weighted by atomic mass is 9.91. The van der Waals surface area contributed by atoms with E-state index in [0.717, 1.165) is 0 Å². The van der Waals surface area contributed by atoms with E-state index >= 15 is 0 Å². The third kappa shape index (κ3) is 4.31. The largest absolute Gasteiger partial charge is 0.0616 e. The summed E-state index contributed by atoms with van der Waals surface area (Å²) in [4.78, 5) is 0. The Balaban J connectivity index is 1.06. The molecular formula is C48H30. The van der Waals surface area contributed by atoms with Crippen molar-refractivity contribution in [3.63, 3.8) is 0 Å². The second-order valence-electron chi connectivity index (χ2n) is 12.9. The van der Waals surface area contributed by atoms with E-state index in [1.165, 1.54) is 98.0 Å². The smallest absolute Gasteiger partial charge is 0.00988 e. The van der Waals surface area contributed by atoms with Gasteiger partial charge >= 0.3 is 0 Å². The van der Waals surface area contributed by atoms with Crippen LogP contribution in [0.2, 0.25) is 0 Å². The van der Waals surface area contributed by atoms with Gasteiger partial charge in [-0.1, -0.05) is 146 Å². The molecule has 0 spiro atoms. The van der Waals surface area contributed by atoms with Gasteiger partial charge in [0.25, 0.3) is 0 Å². The minimum absolute atomic E-state index is 1.23. The highest BCUT2D eigenvalue weighted by Gasteiger charge is 2.12. The third-order valence-corrected chi connectivity index (χ3v) is 10.2. The Morgan fingerprint density at radius 1 is 0.188 bits per heavy atom. The van der Waals surface area contributed by atoms with Crippen LogP contribution in [0.25, 0.3) is 98.0 Å². The summed E-state index contributed by atoms with van der Waals surface area (Å²) in [5, 5.41) is 15.3. The molecule has 0 nitrogen and oxygen atoms in total. The van der Waals surface area contributed by atoms with Gasteiger partial charge in [0, 0.05) is 0 Å². The minimum atomic E-state index is 1.23. The van der Waals surface area contributed by atoms with Gasteiger partial charge in [0.2, 0.25) is 0 Å². The van der Waals surface area contributed by atoms with Gasteiger partial charge in [-0.05, 0) is 134 Å². The standard InChI is InChI=1S/C48H30/c1-3-11-41-36(9-1)29-47(45-15-7-5-13-43(41)45)38-24-22-33-25-32(20-21-34(33)26-38)35-19-17-31-18-23-39(28-40(31)27-35)48-30-37-10-2-4-12-42(37)44-14-6-8-16-46(44)48/h1-30H. The fraction of sp³-hybridized carbons (Fsp3) is 0. The van der Waals surface area contributed by atoms with E-state index < -0.39 is 0 Å². The van der Waals surface area contributed by atoms with Gasteiger partial charge in [0.15, 0.2) is 0 Å². The number of benzene rings is 10. The highest BCUT2D eigenvalue weighted by molar-refractivity contribution is 6.15. The summed E-state index contributed by atoms with van der Waals surface area (Å²) in [5.74, 6) is 0. The van der Waals surface area contributed by atoms with Crippen molar-refractivity contribution in [2.45, 2.75) is 0 Å². The molecule has 0 fully saturated rings. The first-order valence-corrected chi connectivity index (χ1v) is 16.7. The monoisotopic (exact) mass is 606 g/mol. The zero-order chi connectivity index (χ0) is 31.6. The van der Waals surface area contributed by atoms with Crippen LogP contribution in [0.5, 0.6) is 0 Å². The van der Waals surface area contributed by atoms with Gasteiger partial charge in [-0.15, -0.1) is 0 Å². The van der Waals surface area contributed by atoms with Gasteiger partial charge in [0.05, 0.1) is 0 Å². The van der Waals surface area contributed by atoms with Gasteiger partial charge in [0.1, 0.15) is 0 Å². The molecule has 0 atom stereocenters. The zero-order valence-corrected chi connectivity index (χ0v) is 26.3. The van der Waals surface area contributed by atoms with E-state index in [9.17, 15) is 0 Å². The molecule has 48 heavy (non-hydrogen) atoms. The van der Waals surface area contributed by atoms with Crippen molar-refractivity contribution in [2.24, 2.45) is 0 Å². The Kier molecular flexibility index (Phi) is 5.98. The Morgan fingerprint density at radius 2 is 0.542 bits per heavy atom. The van der Waals surface area contributed by atoms with Crippen molar-refractivity contribution in [3.8, 4) is 33.4 Å². The Labute approximate surface area is 279 Å². The summed E-state index contributed by atoms with van der Waals surface area (Å²) < 4.78 is 0. The molecule has 222 valence electrons. The average molecular weight is 607 g/mol. The van der Waals surface area contributed by atoms with Gasteiger partial charge in [-0.2, -0.15) is 0 Å². The molecule has 10 aromatic rings. The number of hydrogen-bond donors (Lipinski definition) is 0. The highest BCUT2D eigenvalue weighted by atomic mass is 14.2. The second-order valence-corrected chi connectivity index (χ2v) is 12.9. The first-order valence-electron chi connectivity index (χ1n) is 16.7. The van der Waals surface area contributed by atoms with Crippen LogP contribution in [0.4, 0.5) is 0 Å². The molecule has 0 aliphatic rings. The van der Waals surface area contributed by atoms with Crippen LogP contribution >= 0.6 is 0 Å². The van der Waals surface area contributed by atoms with Crippen LogP contribution in [0.15, 0.2) is 182 Å². The normalized spacial score (nSPS) is 11.8. The van der Waals surface area contributed by atoms with Crippen molar-refractivity contribution in [1.29, 1.82) is 0 Å². The molecule has 0 aliphatic carbocycles. The molecule has 10 rings (SSSR count). The summed E-state index contributed by atoms with van der Waals surface area (Å²) in [6.07, 6.45) is 0. The number of hydrogen-bond acceptors (Lipinski definition) is 0. The van der Waals surface area contributed by atoms with E-state index in [1.807, 2.05) is 0 Å². The maximum absolute atomic E-state index is 2.36. The maximum Gasteiger partial charge on any atom is -0.00988 e. The summed E-state index contributed by atoms with van der Waals surface area (Å²) in [5.41, 5.74) is 7.51. The van der Waals surface area contributed by atoms with Crippen LogP contribution in [0, 0.1) is 0 Å². The fourth-order valence-corrected chi connectivity index (χ4v) is 7.77.